The van der Waals surface area contributed by atoms with Gasteiger partial charge < -0.3 is 86.2 Å². The maximum atomic E-state index is 10.9. The summed E-state index contributed by atoms with van der Waals surface area (Å²) in [4.78, 5) is 10.7. The lowest BCUT2D eigenvalue weighted by Gasteiger charge is -2.49. The van der Waals surface area contributed by atoms with E-state index in [-0.39, 0.29) is 0 Å². The molecule has 3 fully saturated rings. The summed E-state index contributed by atoms with van der Waals surface area (Å²) in [5, 5.41) is 102. The monoisotopic (exact) mass is 601 g/mol. The molecule has 0 bridgehead atoms. The van der Waals surface area contributed by atoms with Gasteiger partial charge in [0.1, 0.15) is 61.2 Å². The van der Waals surface area contributed by atoms with Crippen LogP contribution < -0.4 is 16.8 Å². The summed E-state index contributed by atoms with van der Waals surface area (Å²) in [5.41, 5.74) is 12.0. The molecule has 0 aromatic rings. The van der Waals surface area contributed by atoms with Gasteiger partial charge in [-0.1, -0.05) is 0 Å². The van der Waals surface area contributed by atoms with E-state index in [1.165, 1.54) is 0 Å². The van der Waals surface area contributed by atoms with Crippen LogP contribution in [-0.2, 0) is 28.5 Å². The van der Waals surface area contributed by atoms with Gasteiger partial charge in [-0.05, 0) is 6.08 Å². The zero-order chi connectivity index (χ0) is 30.6. The lowest BCUT2D eigenvalue weighted by Crippen LogP contribution is -2.70. The highest BCUT2D eigenvalue weighted by molar-refractivity contribution is 5.79. The van der Waals surface area contributed by atoms with Crippen molar-refractivity contribution in [2.24, 2.45) is 11.5 Å². The third kappa shape index (κ3) is 7.74. The summed E-state index contributed by atoms with van der Waals surface area (Å²) < 4.78 is 27.7. The van der Waals surface area contributed by atoms with Gasteiger partial charge in [0.25, 0.3) is 0 Å². The molecule has 0 aliphatic carbocycles. The second-order valence-electron chi connectivity index (χ2n) is 9.85. The molecular weight excluding hydrogens is 562 g/mol. The van der Waals surface area contributed by atoms with Crippen molar-refractivity contribution < 1.29 is 79.5 Å². The number of nitrogens with one attached hydrogen (secondary N) is 1. The number of rotatable bonds is 11. The topological polar surface area (TPSA) is 330 Å². The molecule has 16 atom stereocenters. The summed E-state index contributed by atoms with van der Waals surface area (Å²) in [6, 6.07) is -4.25. The average molecular weight is 602 g/mol. The molecular formula is C22H39N3O16. The average Bonchev–Trinajstić information content (AvgIpc) is 2.94. The highest BCUT2D eigenvalue weighted by atomic mass is 16.7. The van der Waals surface area contributed by atoms with Crippen molar-refractivity contribution in [3.05, 3.63) is 12.2 Å². The third-order valence-electron chi connectivity index (χ3n) is 7.07. The molecule has 0 aromatic heterocycles. The van der Waals surface area contributed by atoms with Crippen molar-refractivity contribution in [2.45, 2.75) is 98.2 Å². The summed E-state index contributed by atoms with van der Waals surface area (Å²) >= 11 is 0. The molecule has 0 spiro atoms. The molecule has 3 aliphatic heterocycles. The Balaban J connectivity index is 1.73. The normalized spacial score (nSPS) is 46.5. The van der Waals surface area contributed by atoms with Crippen LogP contribution in [0.4, 0.5) is 0 Å². The van der Waals surface area contributed by atoms with Gasteiger partial charge in [0.15, 0.2) is 18.9 Å². The number of hydrogen-bond donors (Lipinski definition) is 13. The number of hydrogen-bond acceptors (Lipinski definition) is 18. The minimum absolute atomic E-state index is 0.618. The molecule has 238 valence electrons. The third-order valence-corrected chi connectivity index (χ3v) is 7.07. The molecule has 19 nitrogen and oxygen atoms in total. The number of nitrogens with two attached hydrogens (primary N) is 2. The lowest BCUT2D eigenvalue weighted by atomic mass is 9.94. The van der Waals surface area contributed by atoms with Crippen LogP contribution in [0.25, 0.3) is 0 Å². The van der Waals surface area contributed by atoms with Gasteiger partial charge in [0.05, 0.1) is 37.9 Å². The molecule has 3 saturated heterocycles. The Bertz CT molecular complexity index is 869. The zero-order valence-electron chi connectivity index (χ0n) is 21.6. The molecule has 7 unspecified atom stereocenters. The van der Waals surface area contributed by atoms with Gasteiger partial charge in [0, 0.05) is 6.08 Å². The molecule has 19 heteroatoms. The van der Waals surface area contributed by atoms with Crippen LogP contribution in [0.15, 0.2) is 12.2 Å². The molecule has 15 N–H and O–H groups in total. The first-order valence-corrected chi connectivity index (χ1v) is 12.7. The van der Waals surface area contributed by atoms with E-state index in [1.807, 2.05) is 0 Å². The maximum absolute atomic E-state index is 10.9. The summed E-state index contributed by atoms with van der Waals surface area (Å²) in [6.45, 7) is -2.24. The Hall–Kier alpha value is -1.47. The molecule has 41 heavy (non-hydrogen) atoms. The zero-order valence-corrected chi connectivity index (χ0v) is 21.6. The lowest BCUT2D eigenvalue weighted by molar-refractivity contribution is -0.349. The number of aliphatic carboxylic acids is 1. The van der Waals surface area contributed by atoms with E-state index in [0.29, 0.717) is 6.08 Å². The minimum Gasteiger partial charge on any atom is -0.478 e. The molecule has 3 heterocycles. The largest absolute Gasteiger partial charge is 0.478 e. The fourth-order valence-electron chi connectivity index (χ4n) is 4.77. The highest BCUT2D eigenvalue weighted by Crippen LogP contribution is 2.31. The molecule has 0 amide bonds. The van der Waals surface area contributed by atoms with Crippen molar-refractivity contribution in [3.8, 4) is 0 Å². The van der Waals surface area contributed by atoms with Gasteiger partial charge in [-0.15, -0.1) is 0 Å². The summed E-state index contributed by atoms with van der Waals surface area (Å²) in [6.07, 6.45) is -18.5. The van der Waals surface area contributed by atoms with Gasteiger partial charge in [-0.2, -0.15) is 0 Å². The molecule has 0 radical (unpaired) electrons. The van der Waals surface area contributed by atoms with Crippen molar-refractivity contribution in [2.75, 3.05) is 19.8 Å². The standard InChI is InChI=1S/C22H39N3O16/c23-11-15(33)14(32)6(3-26)38-21(11)40-18-8(5-28)39-22(12(24)16(18)34)41-19-7(4-27)37-20(36)13(17(19)35)25-9(29)1-2-10(30)31/h1-2,6-9,11-22,25-29,32-36H,3-5,23-24H2,(H,30,31)/t6?,7?,8?,9?,11?,12?,13?,14-,15-,16-,17-,18-,19-,20-,21+,22+/m1/s1. The first kappa shape index (κ1) is 34.0. The number of carboxylic acids is 1. The van der Waals surface area contributed by atoms with E-state index in [1.54, 1.807) is 0 Å². The summed E-state index contributed by atoms with van der Waals surface area (Å²) in [5.74, 6) is -1.37. The van der Waals surface area contributed by atoms with Gasteiger partial charge in [-0.3, -0.25) is 5.32 Å². The Morgan fingerprint density at radius 3 is 1.80 bits per heavy atom. The fourth-order valence-corrected chi connectivity index (χ4v) is 4.77. The quantitative estimate of drug-likeness (QED) is 0.0772. The smallest absolute Gasteiger partial charge is 0.328 e. The Labute approximate surface area is 233 Å². The molecule has 3 aliphatic rings. The molecule has 0 aromatic carbocycles. The second kappa shape index (κ2) is 14.8. The molecule has 3 rings (SSSR count). The van der Waals surface area contributed by atoms with E-state index in [9.17, 15) is 50.8 Å². The maximum Gasteiger partial charge on any atom is 0.328 e. The SMILES string of the molecule is NC1[C@H](O[C@@H]2C(CO)O[C@@H](O[C@@H]3C(CO)O[C@@H](O)C(NC(O)C=CC(=O)O)[C@H]3O)C(N)[C@H]2O)OC(CO)[C@@H](O)[C@@H]1O. The van der Waals surface area contributed by atoms with Crippen LogP contribution in [0.3, 0.4) is 0 Å². The number of carboxylic acid groups (broad SMARTS) is 1. The first-order chi connectivity index (χ1) is 19.3. The number of carbonyl (C=O) groups is 1. The fraction of sp³-hybridized carbons (Fsp3) is 0.864. The predicted octanol–water partition coefficient (Wildman–Crippen LogP) is -8.08. The van der Waals surface area contributed by atoms with Crippen LogP contribution >= 0.6 is 0 Å². The van der Waals surface area contributed by atoms with Crippen LogP contribution in [0, 0.1) is 0 Å². The number of aliphatic hydroxyl groups excluding tert-OH is 9. The van der Waals surface area contributed by atoms with Crippen LogP contribution in [0.2, 0.25) is 0 Å². The van der Waals surface area contributed by atoms with E-state index in [2.05, 4.69) is 5.32 Å². The highest BCUT2D eigenvalue weighted by Gasteiger charge is 2.52. The van der Waals surface area contributed by atoms with Crippen molar-refractivity contribution in [1.29, 1.82) is 0 Å². The van der Waals surface area contributed by atoms with Gasteiger partial charge >= 0.3 is 5.97 Å². The van der Waals surface area contributed by atoms with Crippen molar-refractivity contribution in [1.82, 2.24) is 5.32 Å². The Morgan fingerprint density at radius 1 is 0.780 bits per heavy atom. The van der Waals surface area contributed by atoms with Gasteiger partial charge in [-0.25, -0.2) is 4.79 Å². The second-order valence-corrected chi connectivity index (χ2v) is 9.85. The van der Waals surface area contributed by atoms with E-state index < -0.39 is 124 Å². The Kier molecular flexibility index (Phi) is 12.3. The van der Waals surface area contributed by atoms with Crippen LogP contribution in [0.1, 0.15) is 0 Å². The summed E-state index contributed by atoms with van der Waals surface area (Å²) in [7, 11) is 0. The Morgan fingerprint density at radius 2 is 1.27 bits per heavy atom. The first-order valence-electron chi connectivity index (χ1n) is 12.7. The minimum atomic E-state index is -1.79. The van der Waals surface area contributed by atoms with Crippen LogP contribution in [0.5, 0.6) is 0 Å². The number of aliphatic hydroxyl groups is 9. The van der Waals surface area contributed by atoms with E-state index in [0.717, 1.165) is 6.08 Å². The van der Waals surface area contributed by atoms with Crippen molar-refractivity contribution in [3.63, 3.8) is 0 Å². The van der Waals surface area contributed by atoms with E-state index >= 15 is 0 Å². The molecule has 0 saturated carbocycles. The van der Waals surface area contributed by atoms with E-state index in [4.69, 9.17) is 40.3 Å². The van der Waals surface area contributed by atoms with Gasteiger partial charge in [0.2, 0.25) is 0 Å². The number of ether oxygens (including phenoxy) is 5. The van der Waals surface area contributed by atoms with Crippen LogP contribution in [-0.4, -0.2) is 175 Å². The predicted molar refractivity (Wildman–Crippen MR) is 129 cm³/mol. The van der Waals surface area contributed by atoms with Crippen molar-refractivity contribution >= 4 is 5.97 Å².